The van der Waals surface area contributed by atoms with Crippen molar-refractivity contribution < 1.29 is 4.79 Å². The van der Waals surface area contributed by atoms with Gasteiger partial charge in [-0.2, -0.15) is 0 Å². The molecule has 0 aliphatic carbocycles. The third kappa shape index (κ3) is 6.13. The quantitative estimate of drug-likeness (QED) is 0.860. The van der Waals surface area contributed by atoms with Gasteiger partial charge in [-0.05, 0) is 57.5 Å². The van der Waals surface area contributed by atoms with Crippen LogP contribution in [-0.2, 0) is 6.54 Å². The average Bonchev–Trinajstić information content (AvgIpc) is 2.91. The first-order chi connectivity index (χ1) is 9.50. The van der Waals surface area contributed by atoms with Gasteiger partial charge in [0.05, 0.1) is 0 Å². The molecule has 6 heteroatoms. The molecule has 0 bridgehead atoms. The second kappa shape index (κ2) is 9.36. The van der Waals surface area contributed by atoms with Crippen LogP contribution in [0.3, 0.4) is 0 Å². The molecule has 0 unspecified atom stereocenters. The number of carbonyl (C=O) groups is 1. The number of amides is 1. The molecule has 0 radical (unpaired) electrons. The van der Waals surface area contributed by atoms with E-state index >= 15 is 0 Å². The van der Waals surface area contributed by atoms with E-state index in [0.29, 0.717) is 12.1 Å². The lowest BCUT2D eigenvalue weighted by Gasteiger charge is -2.24. The van der Waals surface area contributed by atoms with E-state index < -0.39 is 0 Å². The summed E-state index contributed by atoms with van der Waals surface area (Å²) in [5.74, 6) is -0.0521. The maximum Gasteiger partial charge on any atom is 0.251 e. The Kier molecular flexibility index (Phi) is 9.01. The molecule has 1 heterocycles. The molecule has 0 saturated carbocycles. The van der Waals surface area contributed by atoms with Gasteiger partial charge >= 0.3 is 0 Å². The Bertz CT molecular complexity index is 474. The summed E-state index contributed by atoms with van der Waals surface area (Å²) in [4.78, 5) is 14.7. The third-order valence-corrected chi connectivity index (χ3v) is 3.76. The number of carbonyl (C=O) groups excluding carboxylic acids is 1. The van der Waals surface area contributed by atoms with Gasteiger partial charge in [-0.15, -0.1) is 24.8 Å². The second-order valence-corrected chi connectivity index (χ2v) is 6.23. The highest BCUT2D eigenvalue weighted by Crippen LogP contribution is 2.14. The van der Waals surface area contributed by atoms with E-state index in [1.807, 2.05) is 32.0 Å². The Balaban J connectivity index is 0.00000220. The number of nitrogens with one attached hydrogen (secondary N) is 1. The van der Waals surface area contributed by atoms with E-state index in [0.717, 1.165) is 19.6 Å². The molecule has 126 valence electrons. The predicted octanol–water partition coefficient (Wildman–Crippen LogP) is 2.59. The van der Waals surface area contributed by atoms with Crippen LogP contribution >= 0.6 is 24.8 Å². The first kappa shape index (κ1) is 21.2. The predicted molar refractivity (Wildman–Crippen MR) is 96.0 cm³/mol. The summed E-state index contributed by atoms with van der Waals surface area (Å²) in [5, 5.41) is 2.97. The van der Waals surface area contributed by atoms with Crippen molar-refractivity contribution in [3.8, 4) is 0 Å². The number of halogens is 2. The molecule has 0 spiro atoms. The topological polar surface area (TPSA) is 58.4 Å². The number of hydrogen-bond acceptors (Lipinski definition) is 3. The van der Waals surface area contributed by atoms with E-state index in [4.69, 9.17) is 5.73 Å². The first-order valence-corrected chi connectivity index (χ1v) is 7.34. The van der Waals surface area contributed by atoms with Gasteiger partial charge in [0.15, 0.2) is 0 Å². The Morgan fingerprint density at radius 3 is 2.50 bits per heavy atom. The standard InChI is InChI=1S/C16H25N3O.2ClH/c1-16(2,12-17)18-15(20)14-7-5-6-13(10-14)11-19-8-3-4-9-19;;/h5-7,10H,3-4,8-9,11-12,17H2,1-2H3,(H,18,20);2*1H. The zero-order chi connectivity index (χ0) is 14.6. The fourth-order valence-electron chi connectivity index (χ4n) is 2.44. The van der Waals surface area contributed by atoms with Crippen LogP contribution < -0.4 is 11.1 Å². The maximum atomic E-state index is 12.2. The van der Waals surface area contributed by atoms with Crippen molar-refractivity contribution in [2.75, 3.05) is 19.6 Å². The smallest absolute Gasteiger partial charge is 0.251 e. The van der Waals surface area contributed by atoms with Crippen LogP contribution in [0.1, 0.15) is 42.6 Å². The number of hydrogen-bond donors (Lipinski definition) is 2. The number of rotatable bonds is 5. The van der Waals surface area contributed by atoms with Crippen molar-refractivity contribution in [2.24, 2.45) is 5.73 Å². The lowest BCUT2D eigenvalue weighted by molar-refractivity contribution is 0.0915. The van der Waals surface area contributed by atoms with Gasteiger partial charge < -0.3 is 11.1 Å². The lowest BCUT2D eigenvalue weighted by Crippen LogP contribution is -2.48. The molecular formula is C16H27Cl2N3O. The minimum absolute atomic E-state index is 0. The summed E-state index contributed by atoms with van der Waals surface area (Å²) >= 11 is 0. The van der Waals surface area contributed by atoms with Crippen molar-refractivity contribution in [1.82, 2.24) is 10.2 Å². The molecule has 1 aliphatic heterocycles. The minimum Gasteiger partial charge on any atom is -0.346 e. The van der Waals surface area contributed by atoms with Crippen LogP contribution in [0.5, 0.6) is 0 Å². The molecule has 0 atom stereocenters. The van der Waals surface area contributed by atoms with Crippen molar-refractivity contribution in [2.45, 2.75) is 38.8 Å². The highest BCUT2D eigenvalue weighted by molar-refractivity contribution is 5.94. The molecule has 3 N–H and O–H groups in total. The largest absolute Gasteiger partial charge is 0.346 e. The zero-order valence-electron chi connectivity index (χ0n) is 13.3. The average molecular weight is 348 g/mol. The molecule has 0 aromatic heterocycles. The van der Waals surface area contributed by atoms with Crippen molar-refractivity contribution >= 4 is 30.7 Å². The number of nitrogens with zero attached hydrogens (tertiary/aromatic N) is 1. The fourth-order valence-corrected chi connectivity index (χ4v) is 2.44. The molecule has 1 fully saturated rings. The summed E-state index contributed by atoms with van der Waals surface area (Å²) in [6.07, 6.45) is 2.57. The molecule has 1 aliphatic rings. The van der Waals surface area contributed by atoms with Gasteiger partial charge in [-0.25, -0.2) is 0 Å². The summed E-state index contributed by atoms with van der Waals surface area (Å²) < 4.78 is 0. The van der Waals surface area contributed by atoms with E-state index in [2.05, 4.69) is 16.3 Å². The molecule has 2 rings (SSSR count). The van der Waals surface area contributed by atoms with Gasteiger partial charge in [0.2, 0.25) is 0 Å². The second-order valence-electron chi connectivity index (χ2n) is 6.23. The normalized spacial score (nSPS) is 14.9. The first-order valence-electron chi connectivity index (χ1n) is 7.34. The van der Waals surface area contributed by atoms with Gasteiger partial charge in [-0.3, -0.25) is 9.69 Å². The highest BCUT2D eigenvalue weighted by Gasteiger charge is 2.19. The minimum atomic E-state index is -0.373. The summed E-state index contributed by atoms with van der Waals surface area (Å²) in [7, 11) is 0. The van der Waals surface area contributed by atoms with Crippen LogP contribution in [0.2, 0.25) is 0 Å². The Morgan fingerprint density at radius 2 is 1.91 bits per heavy atom. The summed E-state index contributed by atoms with van der Waals surface area (Å²) in [5.41, 5.74) is 7.19. The number of benzene rings is 1. The van der Waals surface area contributed by atoms with Crippen LogP contribution in [0.4, 0.5) is 0 Å². The zero-order valence-corrected chi connectivity index (χ0v) is 14.9. The van der Waals surface area contributed by atoms with Gasteiger partial charge in [-0.1, -0.05) is 12.1 Å². The molecule has 22 heavy (non-hydrogen) atoms. The van der Waals surface area contributed by atoms with Gasteiger partial charge in [0.25, 0.3) is 5.91 Å². The number of nitrogens with two attached hydrogens (primary N) is 1. The third-order valence-electron chi connectivity index (χ3n) is 3.76. The summed E-state index contributed by atoms with van der Waals surface area (Å²) in [6, 6.07) is 7.88. The van der Waals surface area contributed by atoms with E-state index in [1.165, 1.54) is 18.4 Å². The molecule has 1 amide bonds. The van der Waals surface area contributed by atoms with Crippen LogP contribution in [0.15, 0.2) is 24.3 Å². The Hall–Kier alpha value is -0.810. The SMILES string of the molecule is CC(C)(CN)NC(=O)c1cccc(CN2CCCC2)c1.Cl.Cl. The van der Waals surface area contributed by atoms with E-state index in [9.17, 15) is 4.79 Å². The fraction of sp³-hybridized carbons (Fsp3) is 0.562. The molecular weight excluding hydrogens is 321 g/mol. The lowest BCUT2D eigenvalue weighted by atomic mass is 10.0. The molecule has 1 aromatic carbocycles. The molecule has 4 nitrogen and oxygen atoms in total. The summed E-state index contributed by atoms with van der Waals surface area (Å²) in [6.45, 7) is 7.54. The van der Waals surface area contributed by atoms with Crippen molar-refractivity contribution in [3.63, 3.8) is 0 Å². The van der Waals surface area contributed by atoms with Crippen LogP contribution in [0, 0.1) is 0 Å². The molecule has 1 saturated heterocycles. The van der Waals surface area contributed by atoms with Crippen LogP contribution in [-0.4, -0.2) is 36.0 Å². The van der Waals surface area contributed by atoms with E-state index in [-0.39, 0.29) is 36.3 Å². The monoisotopic (exact) mass is 347 g/mol. The van der Waals surface area contributed by atoms with Crippen molar-refractivity contribution in [3.05, 3.63) is 35.4 Å². The van der Waals surface area contributed by atoms with Gasteiger partial charge in [0, 0.05) is 24.2 Å². The van der Waals surface area contributed by atoms with Crippen LogP contribution in [0.25, 0.3) is 0 Å². The Labute approximate surface area is 145 Å². The highest BCUT2D eigenvalue weighted by atomic mass is 35.5. The molecule has 1 aromatic rings. The van der Waals surface area contributed by atoms with E-state index in [1.54, 1.807) is 0 Å². The van der Waals surface area contributed by atoms with Gasteiger partial charge in [0.1, 0.15) is 0 Å². The van der Waals surface area contributed by atoms with Crippen molar-refractivity contribution in [1.29, 1.82) is 0 Å². The maximum absolute atomic E-state index is 12.2. The Morgan fingerprint density at radius 1 is 1.27 bits per heavy atom. The number of likely N-dealkylation sites (tertiary alicyclic amines) is 1.